The Labute approximate surface area is 187 Å². The molecule has 7 heteroatoms. The maximum absolute atomic E-state index is 10.8. The van der Waals surface area contributed by atoms with Gasteiger partial charge >= 0.3 is 0 Å². The zero-order chi connectivity index (χ0) is 23.5. The van der Waals surface area contributed by atoms with Crippen molar-refractivity contribution in [2.45, 2.75) is 117 Å². The van der Waals surface area contributed by atoms with Gasteiger partial charge in [0.1, 0.15) is 6.54 Å². The van der Waals surface area contributed by atoms with Crippen LogP contribution in [0.15, 0.2) is 0 Å². The first-order chi connectivity index (χ1) is 14.0. The smallest absolute Gasteiger partial charge is 0.268 e. The van der Waals surface area contributed by atoms with Crippen molar-refractivity contribution in [3.8, 4) is 0 Å². The Hall–Kier alpha value is 0.0300. The molecule has 0 aliphatic heterocycles. The topological polar surface area (TPSA) is 78.8 Å². The van der Waals surface area contributed by atoms with Crippen molar-refractivity contribution in [1.29, 1.82) is 0 Å². The number of phosphoric acid groups is 1. The van der Waals surface area contributed by atoms with Crippen molar-refractivity contribution < 1.29 is 28.1 Å². The standard InChI is InChI=1S/C17H38NO.C6H15O4P/c1-4-5-6-7-8-9-10-11-12-13-14-15-18(2,3)16-17-19;1-5(2)9-11(7,8)10-6(3)4/h19H,4-17H2,1-3H3;5-6H,1-4H3,(H,7,8)/q+1;/p-1. The fourth-order valence-electron chi connectivity index (χ4n) is 3.13. The molecule has 0 aliphatic rings. The van der Waals surface area contributed by atoms with E-state index in [1.165, 1.54) is 77.2 Å². The van der Waals surface area contributed by atoms with Crippen molar-refractivity contribution in [1.82, 2.24) is 0 Å². The number of nitrogens with zero attached hydrogens (tertiary/aromatic N) is 1. The number of phosphoric ester groups is 1. The second kappa shape index (κ2) is 19.7. The Kier molecular flexibility index (Phi) is 21.1. The molecule has 0 radical (unpaired) electrons. The van der Waals surface area contributed by atoms with Gasteiger partial charge in [0.05, 0.1) is 39.5 Å². The molecule has 6 nitrogen and oxygen atoms in total. The Morgan fingerprint density at radius 3 is 1.47 bits per heavy atom. The van der Waals surface area contributed by atoms with Crippen LogP contribution in [0.5, 0.6) is 0 Å². The highest BCUT2D eigenvalue weighted by Gasteiger charge is 2.13. The van der Waals surface area contributed by atoms with E-state index >= 15 is 0 Å². The number of hydrogen-bond acceptors (Lipinski definition) is 5. The maximum atomic E-state index is 10.8. The van der Waals surface area contributed by atoms with E-state index in [4.69, 9.17) is 5.11 Å². The summed E-state index contributed by atoms with van der Waals surface area (Å²) in [5.41, 5.74) is 0. The van der Waals surface area contributed by atoms with Crippen molar-refractivity contribution in [2.75, 3.05) is 33.8 Å². The molecule has 184 valence electrons. The molecule has 0 fully saturated rings. The van der Waals surface area contributed by atoms with Crippen molar-refractivity contribution in [3.05, 3.63) is 0 Å². The van der Waals surface area contributed by atoms with E-state index in [2.05, 4.69) is 30.1 Å². The Bertz CT molecular complexity index is 402. The number of quaternary nitrogens is 1. The van der Waals surface area contributed by atoms with Gasteiger partial charge in [0.25, 0.3) is 7.82 Å². The summed E-state index contributed by atoms with van der Waals surface area (Å²) in [6.45, 7) is 11.2. The average Bonchev–Trinajstić information content (AvgIpc) is 2.57. The lowest BCUT2D eigenvalue weighted by Gasteiger charge is -2.28. The number of aliphatic hydroxyl groups excluding tert-OH is 1. The Morgan fingerprint density at radius 2 is 1.13 bits per heavy atom. The van der Waals surface area contributed by atoms with Crippen LogP contribution in [0.2, 0.25) is 0 Å². The van der Waals surface area contributed by atoms with Crippen LogP contribution >= 0.6 is 7.82 Å². The minimum absolute atomic E-state index is 0.311. The quantitative estimate of drug-likeness (QED) is 0.164. The number of unbranched alkanes of at least 4 members (excludes halogenated alkanes) is 10. The summed E-state index contributed by atoms with van der Waals surface area (Å²) in [5, 5.41) is 8.96. The second-order valence-electron chi connectivity index (χ2n) is 9.40. The van der Waals surface area contributed by atoms with E-state index in [1.807, 2.05) is 0 Å². The van der Waals surface area contributed by atoms with Gasteiger partial charge in [-0.25, -0.2) is 0 Å². The minimum atomic E-state index is -4.05. The summed E-state index contributed by atoms with van der Waals surface area (Å²) in [6.07, 6.45) is 14.7. The normalized spacial score (nSPS) is 12.4. The first kappa shape index (κ1) is 32.2. The fourth-order valence-corrected chi connectivity index (χ4v) is 4.21. The molecule has 0 saturated heterocycles. The third-order valence-corrected chi connectivity index (χ3v) is 6.11. The summed E-state index contributed by atoms with van der Waals surface area (Å²) in [6, 6.07) is 0. The van der Waals surface area contributed by atoms with Crippen LogP contribution in [0, 0.1) is 0 Å². The number of likely N-dealkylation sites (N-methyl/N-ethyl adjacent to an activating group) is 1. The molecular weight excluding hydrogens is 401 g/mol. The molecular formula is C23H52NO5P. The summed E-state index contributed by atoms with van der Waals surface area (Å²) < 4.78 is 20.9. The third kappa shape index (κ3) is 26.1. The summed E-state index contributed by atoms with van der Waals surface area (Å²) in [7, 11) is 0.375. The van der Waals surface area contributed by atoms with Crippen LogP contribution < -0.4 is 4.89 Å². The molecule has 0 aromatic heterocycles. The molecule has 0 spiro atoms. The van der Waals surface area contributed by atoms with Crippen LogP contribution in [0.3, 0.4) is 0 Å². The second-order valence-corrected chi connectivity index (χ2v) is 10.7. The molecule has 0 atom stereocenters. The van der Waals surface area contributed by atoms with E-state index in [9.17, 15) is 9.46 Å². The zero-order valence-electron chi connectivity index (χ0n) is 21.0. The highest BCUT2D eigenvalue weighted by molar-refractivity contribution is 7.45. The van der Waals surface area contributed by atoms with Gasteiger partial charge < -0.3 is 23.5 Å². The predicted molar refractivity (Wildman–Crippen MR) is 125 cm³/mol. The average molecular weight is 454 g/mol. The molecule has 0 heterocycles. The van der Waals surface area contributed by atoms with E-state index in [0.29, 0.717) is 6.61 Å². The van der Waals surface area contributed by atoms with Crippen LogP contribution in [-0.4, -0.2) is 55.6 Å². The van der Waals surface area contributed by atoms with Crippen LogP contribution in [0.4, 0.5) is 0 Å². The van der Waals surface area contributed by atoms with Gasteiger partial charge in [-0.3, -0.25) is 4.57 Å². The monoisotopic (exact) mass is 453 g/mol. The molecule has 0 unspecified atom stereocenters. The van der Waals surface area contributed by atoms with E-state index < -0.39 is 7.82 Å². The van der Waals surface area contributed by atoms with Gasteiger partial charge in [-0.15, -0.1) is 0 Å². The molecule has 0 rings (SSSR count). The van der Waals surface area contributed by atoms with Gasteiger partial charge in [-0.2, -0.15) is 0 Å². The predicted octanol–water partition coefficient (Wildman–Crippen LogP) is 5.67. The Balaban J connectivity index is 0. The first-order valence-electron chi connectivity index (χ1n) is 12.1. The largest absolute Gasteiger partial charge is 0.756 e. The summed E-state index contributed by atoms with van der Waals surface area (Å²) >= 11 is 0. The molecule has 30 heavy (non-hydrogen) atoms. The van der Waals surface area contributed by atoms with Crippen molar-refractivity contribution >= 4 is 7.82 Å². The third-order valence-electron chi connectivity index (χ3n) is 4.75. The number of hydrogen-bond donors (Lipinski definition) is 1. The van der Waals surface area contributed by atoms with E-state index in [-0.39, 0.29) is 12.2 Å². The van der Waals surface area contributed by atoms with Gasteiger partial charge in [0.2, 0.25) is 0 Å². The van der Waals surface area contributed by atoms with E-state index in [1.54, 1.807) is 27.7 Å². The van der Waals surface area contributed by atoms with Crippen LogP contribution in [-0.2, 0) is 13.6 Å². The molecule has 0 amide bonds. The van der Waals surface area contributed by atoms with Crippen molar-refractivity contribution in [3.63, 3.8) is 0 Å². The van der Waals surface area contributed by atoms with Crippen molar-refractivity contribution in [2.24, 2.45) is 0 Å². The molecule has 0 aliphatic carbocycles. The lowest BCUT2D eigenvalue weighted by atomic mass is 10.1. The summed E-state index contributed by atoms with van der Waals surface area (Å²) in [4.78, 5) is 10.8. The SMILES string of the molecule is CC(C)OP(=O)([O-])OC(C)C.CCCCCCCCCCCCC[N+](C)(C)CCO. The first-order valence-corrected chi connectivity index (χ1v) is 13.5. The minimum Gasteiger partial charge on any atom is -0.756 e. The molecule has 0 aromatic rings. The summed E-state index contributed by atoms with van der Waals surface area (Å²) in [5.74, 6) is 0. The van der Waals surface area contributed by atoms with E-state index in [0.717, 1.165) is 11.0 Å². The van der Waals surface area contributed by atoms with Gasteiger partial charge in [-0.05, 0) is 40.5 Å². The lowest BCUT2D eigenvalue weighted by molar-refractivity contribution is -0.890. The number of rotatable bonds is 18. The zero-order valence-corrected chi connectivity index (χ0v) is 21.9. The van der Waals surface area contributed by atoms with Crippen LogP contribution in [0.25, 0.3) is 0 Å². The molecule has 1 N–H and O–H groups in total. The molecule has 0 saturated carbocycles. The van der Waals surface area contributed by atoms with Gasteiger partial charge in [0, 0.05) is 0 Å². The van der Waals surface area contributed by atoms with Crippen LogP contribution in [0.1, 0.15) is 105 Å². The van der Waals surface area contributed by atoms with Gasteiger partial charge in [0.15, 0.2) is 0 Å². The fraction of sp³-hybridized carbons (Fsp3) is 1.00. The Morgan fingerprint density at radius 1 is 0.767 bits per heavy atom. The lowest BCUT2D eigenvalue weighted by Crippen LogP contribution is -2.42. The van der Waals surface area contributed by atoms with Gasteiger partial charge in [-0.1, -0.05) is 64.7 Å². The molecule has 0 aromatic carbocycles. The maximum Gasteiger partial charge on any atom is 0.268 e. The highest BCUT2D eigenvalue weighted by Crippen LogP contribution is 2.40. The highest BCUT2D eigenvalue weighted by atomic mass is 31.2. The number of aliphatic hydroxyl groups is 1. The molecule has 0 bridgehead atoms.